The summed E-state index contributed by atoms with van der Waals surface area (Å²) in [5, 5.41) is 16.9. The predicted molar refractivity (Wildman–Crippen MR) is 115 cm³/mol. The number of ether oxygens (including phenoxy) is 1. The van der Waals surface area contributed by atoms with Crippen LogP contribution in [-0.2, 0) is 12.0 Å². The van der Waals surface area contributed by atoms with Crippen LogP contribution in [0.2, 0.25) is 0 Å². The maximum absolute atomic E-state index is 5.60. The van der Waals surface area contributed by atoms with Gasteiger partial charge in [0.1, 0.15) is 5.75 Å². The van der Waals surface area contributed by atoms with Gasteiger partial charge >= 0.3 is 0 Å². The minimum absolute atomic E-state index is 0.330. The predicted octanol–water partition coefficient (Wildman–Crippen LogP) is 4.81. The summed E-state index contributed by atoms with van der Waals surface area (Å²) in [4.78, 5) is 0. The molecule has 1 aliphatic carbocycles. The van der Waals surface area contributed by atoms with Crippen molar-refractivity contribution in [3.05, 3.63) is 59.4 Å². The van der Waals surface area contributed by atoms with Gasteiger partial charge in [0.05, 0.1) is 24.0 Å². The van der Waals surface area contributed by atoms with E-state index in [9.17, 15) is 0 Å². The number of aromatic nitrogens is 4. The molecule has 0 atom stereocenters. The Labute approximate surface area is 172 Å². The van der Waals surface area contributed by atoms with E-state index in [1.807, 2.05) is 22.9 Å². The summed E-state index contributed by atoms with van der Waals surface area (Å²) in [6.45, 7) is 4.30. The lowest BCUT2D eigenvalue weighted by atomic mass is 9.80. The molecular formula is C23H29N5O. The van der Waals surface area contributed by atoms with Crippen molar-refractivity contribution < 1.29 is 4.74 Å². The van der Waals surface area contributed by atoms with E-state index in [0.717, 1.165) is 55.1 Å². The molecule has 1 aromatic heterocycles. The van der Waals surface area contributed by atoms with Gasteiger partial charge in [-0.3, -0.25) is 0 Å². The molecule has 0 radical (unpaired) electrons. The zero-order valence-electron chi connectivity index (χ0n) is 17.5. The number of para-hydroxylation sites is 3. The number of benzene rings is 2. The molecule has 29 heavy (non-hydrogen) atoms. The second kappa shape index (κ2) is 8.23. The molecule has 0 bridgehead atoms. The van der Waals surface area contributed by atoms with Crippen molar-refractivity contribution in [1.29, 1.82) is 0 Å². The molecule has 2 aromatic carbocycles. The maximum Gasteiger partial charge on any atom is 0.181 e. The average molecular weight is 392 g/mol. The van der Waals surface area contributed by atoms with E-state index >= 15 is 0 Å². The molecule has 0 spiro atoms. The number of hydrogen-bond donors (Lipinski definition) is 1. The Morgan fingerprint density at radius 3 is 2.62 bits per heavy atom. The van der Waals surface area contributed by atoms with Crippen LogP contribution < -0.4 is 10.1 Å². The first-order valence-electron chi connectivity index (χ1n) is 10.5. The number of aryl methyl sites for hydroxylation is 2. The van der Waals surface area contributed by atoms with Gasteiger partial charge in [-0.1, -0.05) is 56.5 Å². The van der Waals surface area contributed by atoms with E-state index in [-0.39, 0.29) is 5.54 Å². The van der Waals surface area contributed by atoms with Crippen molar-refractivity contribution in [3.8, 4) is 11.4 Å². The summed E-state index contributed by atoms with van der Waals surface area (Å²) < 4.78 is 7.56. The maximum atomic E-state index is 5.60. The van der Waals surface area contributed by atoms with Gasteiger partial charge in [0.25, 0.3) is 0 Å². The first-order chi connectivity index (χ1) is 14.2. The van der Waals surface area contributed by atoms with Crippen LogP contribution in [0.15, 0.2) is 42.5 Å². The van der Waals surface area contributed by atoms with Gasteiger partial charge in [-0.25, -0.2) is 0 Å². The molecule has 0 amide bonds. The van der Waals surface area contributed by atoms with Gasteiger partial charge in [-0.2, -0.15) is 4.68 Å². The van der Waals surface area contributed by atoms with Crippen molar-refractivity contribution in [2.24, 2.45) is 0 Å². The van der Waals surface area contributed by atoms with Crippen molar-refractivity contribution in [3.63, 3.8) is 0 Å². The fraction of sp³-hybridized carbons (Fsp3) is 0.435. The van der Waals surface area contributed by atoms with Crippen molar-refractivity contribution in [2.45, 2.75) is 57.9 Å². The van der Waals surface area contributed by atoms with Gasteiger partial charge in [0.15, 0.2) is 5.82 Å². The van der Waals surface area contributed by atoms with E-state index < -0.39 is 0 Å². The van der Waals surface area contributed by atoms with Crippen LogP contribution in [0.4, 0.5) is 5.69 Å². The molecule has 0 saturated heterocycles. The summed E-state index contributed by atoms with van der Waals surface area (Å²) in [7, 11) is 1.71. The SMILES string of the molecule is CCc1cccc(C)c1-n1nnnc1C1(Nc2ccccc2OC)CCCCC1. The summed E-state index contributed by atoms with van der Waals surface area (Å²) in [6.07, 6.45) is 6.43. The second-order valence-electron chi connectivity index (χ2n) is 7.82. The third-order valence-corrected chi connectivity index (χ3v) is 6.00. The van der Waals surface area contributed by atoms with Crippen molar-refractivity contribution in [2.75, 3.05) is 12.4 Å². The van der Waals surface area contributed by atoms with Crippen molar-refractivity contribution >= 4 is 5.69 Å². The molecule has 1 aliphatic rings. The Kier molecular flexibility index (Phi) is 5.51. The van der Waals surface area contributed by atoms with E-state index in [1.54, 1.807) is 7.11 Å². The normalized spacial score (nSPS) is 15.8. The molecule has 0 unspecified atom stereocenters. The van der Waals surface area contributed by atoms with E-state index in [1.165, 1.54) is 17.5 Å². The van der Waals surface area contributed by atoms with Gasteiger partial charge in [-0.05, 0) is 59.9 Å². The number of tetrazole rings is 1. The molecule has 4 rings (SSSR count). The molecule has 1 fully saturated rings. The lowest BCUT2D eigenvalue weighted by molar-refractivity contribution is 0.307. The number of nitrogens with one attached hydrogen (secondary N) is 1. The third kappa shape index (κ3) is 3.59. The zero-order chi connectivity index (χ0) is 20.3. The van der Waals surface area contributed by atoms with E-state index in [4.69, 9.17) is 4.74 Å². The number of nitrogens with zero attached hydrogens (tertiary/aromatic N) is 4. The first-order valence-corrected chi connectivity index (χ1v) is 10.5. The largest absolute Gasteiger partial charge is 0.495 e. The Balaban J connectivity index is 1.84. The van der Waals surface area contributed by atoms with Crippen LogP contribution in [-0.4, -0.2) is 27.3 Å². The second-order valence-corrected chi connectivity index (χ2v) is 7.82. The monoisotopic (exact) mass is 391 g/mol. The average Bonchev–Trinajstić information content (AvgIpc) is 3.24. The molecule has 1 heterocycles. The molecule has 6 nitrogen and oxygen atoms in total. The number of hydrogen-bond acceptors (Lipinski definition) is 5. The third-order valence-electron chi connectivity index (χ3n) is 6.00. The molecular weight excluding hydrogens is 362 g/mol. The van der Waals surface area contributed by atoms with Gasteiger partial charge in [0.2, 0.25) is 0 Å². The van der Waals surface area contributed by atoms with Crippen LogP contribution in [0.5, 0.6) is 5.75 Å². The topological polar surface area (TPSA) is 64.9 Å². The highest BCUT2D eigenvalue weighted by Crippen LogP contribution is 2.41. The molecule has 152 valence electrons. The fourth-order valence-electron chi connectivity index (χ4n) is 4.51. The van der Waals surface area contributed by atoms with Crippen LogP contribution >= 0.6 is 0 Å². The van der Waals surface area contributed by atoms with Crippen LogP contribution in [0.1, 0.15) is 56.0 Å². The number of methoxy groups -OCH3 is 1. The lowest BCUT2D eigenvalue weighted by Gasteiger charge is -2.38. The quantitative estimate of drug-likeness (QED) is 0.653. The van der Waals surface area contributed by atoms with Crippen LogP contribution in [0.3, 0.4) is 0 Å². The molecule has 0 aliphatic heterocycles. The smallest absolute Gasteiger partial charge is 0.181 e. The van der Waals surface area contributed by atoms with Gasteiger partial charge < -0.3 is 10.1 Å². The van der Waals surface area contributed by atoms with E-state index in [0.29, 0.717) is 0 Å². The summed E-state index contributed by atoms with van der Waals surface area (Å²) in [5.74, 6) is 1.72. The highest BCUT2D eigenvalue weighted by atomic mass is 16.5. The highest BCUT2D eigenvalue weighted by Gasteiger charge is 2.40. The molecule has 3 aromatic rings. The molecule has 1 saturated carbocycles. The summed E-state index contributed by atoms with van der Waals surface area (Å²) in [6, 6.07) is 14.5. The van der Waals surface area contributed by atoms with Crippen molar-refractivity contribution in [1.82, 2.24) is 20.2 Å². The van der Waals surface area contributed by atoms with Gasteiger partial charge in [0, 0.05) is 0 Å². The zero-order valence-corrected chi connectivity index (χ0v) is 17.5. The lowest BCUT2D eigenvalue weighted by Crippen LogP contribution is -2.40. The fourth-order valence-corrected chi connectivity index (χ4v) is 4.51. The minimum Gasteiger partial charge on any atom is -0.495 e. The Hall–Kier alpha value is -2.89. The Bertz CT molecular complexity index is 975. The Morgan fingerprint density at radius 2 is 1.86 bits per heavy atom. The first kappa shape index (κ1) is 19.4. The van der Waals surface area contributed by atoms with Gasteiger partial charge in [-0.15, -0.1) is 5.10 Å². The Morgan fingerprint density at radius 1 is 1.07 bits per heavy atom. The summed E-state index contributed by atoms with van der Waals surface area (Å²) >= 11 is 0. The summed E-state index contributed by atoms with van der Waals surface area (Å²) in [5.41, 5.74) is 4.18. The van der Waals surface area contributed by atoms with E-state index in [2.05, 4.69) is 59.0 Å². The molecule has 1 N–H and O–H groups in total. The van der Waals surface area contributed by atoms with Crippen LogP contribution in [0.25, 0.3) is 5.69 Å². The number of anilines is 1. The number of rotatable bonds is 6. The van der Waals surface area contributed by atoms with Crippen LogP contribution in [0, 0.1) is 6.92 Å². The highest BCUT2D eigenvalue weighted by molar-refractivity contribution is 5.58. The standard InChI is InChI=1S/C23H29N5O/c1-4-18-12-10-11-17(2)21(18)28-22(25-26-27-28)23(15-8-5-9-16-23)24-19-13-6-7-14-20(19)29-3/h6-7,10-14,24H,4-5,8-9,15-16H2,1-3H3. The molecule has 6 heteroatoms. The minimum atomic E-state index is -0.330.